The number of ether oxygens (including phenoxy) is 1. The molecular weight excluding hydrogens is 266 g/mol. The average molecular weight is 287 g/mol. The fraction of sp³-hybridized carbons (Fsp3) is 0.438. The highest BCUT2D eigenvalue weighted by Gasteiger charge is 2.23. The molecule has 112 valence electrons. The van der Waals surface area contributed by atoms with Gasteiger partial charge in [-0.25, -0.2) is 0 Å². The third-order valence-corrected chi connectivity index (χ3v) is 4.27. The third kappa shape index (κ3) is 2.49. The first-order chi connectivity index (χ1) is 10.1. The number of aryl methyl sites for hydroxylation is 1. The maximum Gasteiger partial charge on any atom is 0.270 e. The van der Waals surface area contributed by atoms with Crippen molar-refractivity contribution in [2.75, 3.05) is 40.3 Å². The van der Waals surface area contributed by atoms with E-state index >= 15 is 0 Å². The van der Waals surface area contributed by atoms with Crippen LogP contribution < -0.4 is 4.74 Å². The van der Waals surface area contributed by atoms with Gasteiger partial charge in [0.05, 0.1) is 7.11 Å². The normalized spacial score (nSPS) is 16.4. The predicted octanol–water partition coefficient (Wildman–Crippen LogP) is 1.87. The van der Waals surface area contributed by atoms with Crippen LogP contribution in [0.2, 0.25) is 0 Å². The molecule has 1 N–H and O–H groups in total. The molecule has 1 amide bonds. The predicted molar refractivity (Wildman–Crippen MR) is 83.0 cm³/mol. The third-order valence-electron chi connectivity index (χ3n) is 4.27. The zero-order chi connectivity index (χ0) is 15.0. The molecule has 0 aliphatic carbocycles. The van der Waals surface area contributed by atoms with Gasteiger partial charge >= 0.3 is 0 Å². The molecule has 0 bridgehead atoms. The number of aromatic amines is 1. The van der Waals surface area contributed by atoms with E-state index in [1.165, 1.54) is 0 Å². The molecule has 2 aromatic rings. The first kappa shape index (κ1) is 13.9. The Balaban J connectivity index is 1.92. The van der Waals surface area contributed by atoms with Crippen LogP contribution in [-0.4, -0.2) is 61.0 Å². The highest BCUT2D eigenvalue weighted by Crippen LogP contribution is 2.26. The number of nitrogens with one attached hydrogen (secondary N) is 1. The minimum atomic E-state index is 0.0933. The number of hydrogen-bond acceptors (Lipinski definition) is 3. The van der Waals surface area contributed by atoms with Gasteiger partial charge in [0.15, 0.2) is 0 Å². The van der Waals surface area contributed by atoms with Crippen molar-refractivity contribution in [1.82, 2.24) is 14.8 Å². The van der Waals surface area contributed by atoms with Gasteiger partial charge in [-0.15, -0.1) is 0 Å². The Kier molecular flexibility index (Phi) is 3.59. The molecule has 0 saturated carbocycles. The second kappa shape index (κ2) is 5.41. The second-order valence-electron chi connectivity index (χ2n) is 5.63. The van der Waals surface area contributed by atoms with Crippen LogP contribution in [0.3, 0.4) is 0 Å². The molecule has 1 aromatic heterocycles. The van der Waals surface area contributed by atoms with Crippen LogP contribution in [0.1, 0.15) is 16.1 Å². The van der Waals surface area contributed by atoms with E-state index in [2.05, 4.69) is 16.9 Å². The van der Waals surface area contributed by atoms with Crippen molar-refractivity contribution in [3.05, 3.63) is 29.5 Å². The summed E-state index contributed by atoms with van der Waals surface area (Å²) < 4.78 is 5.24. The van der Waals surface area contributed by atoms with E-state index in [1.54, 1.807) is 7.11 Å². The van der Waals surface area contributed by atoms with Gasteiger partial charge in [-0.2, -0.15) is 0 Å². The maximum atomic E-state index is 12.7. The molecule has 1 aliphatic heterocycles. The van der Waals surface area contributed by atoms with Gasteiger partial charge < -0.3 is 19.5 Å². The van der Waals surface area contributed by atoms with Gasteiger partial charge in [0, 0.05) is 43.1 Å². The lowest BCUT2D eigenvalue weighted by Crippen LogP contribution is -2.47. The number of likely N-dealkylation sites (N-methyl/N-ethyl adjacent to an activating group) is 1. The van der Waals surface area contributed by atoms with E-state index in [9.17, 15) is 4.79 Å². The summed E-state index contributed by atoms with van der Waals surface area (Å²) in [5, 5.41) is 1.08. The molecule has 3 rings (SSSR count). The number of benzene rings is 1. The Bertz CT molecular complexity index is 669. The van der Waals surface area contributed by atoms with Gasteiger partial charge in [-0.3, -0.25) is 4.79 Å². The van der Waals surface area contributed by atoms with E-state index in [4.69, 9.17) is 4.74 Å². The number of hydrogen-bond donors (Lipinski definition) is 1. The summed E-state index contributed by atoms with van der Waals surface area (Å²) in [6.45, 7) is 5.42. The largest absolute Gasteiger partial charge is 0.497 e. The fourth-order valence-electron chi connectivity index (χ4n) is 2.83. The topological polar surface area (TPSA) is 48.6 Å². The molecule has 0 atom stereocenters. The Morgan fingerprint density at radius 1 is 1.24 bits per heavy atom. The van der Waals surface area contributed by atoms with Crippen LogP contribution in [0.5, 0.6) is 5.75 Å². The highest BCUT2D eigenvalue weighted by atomic mass is 16.5. The quantitative estimate of drug-likeness (QED) is 0.917. The van der Waals surface area contributed by atoms with Crippen molar-refractivity contribution in [3.63, 3.8) is 0 Å². The van der Waals surface area contributed by atoms with Crippen LogP contribution in [0.15, 0.2) is 18.2 Å². The smallest absolute Gasteiger partial charge is 0.270 e. The van der Waals surface area contributed by atoms with Crippen molar-refractivity contribution < 1.29 is 9.53 Å². The maximum absolute atomic E-state index is 12.7. The summed E-state index contributed by atoms with van der Waals surface area (Å²) in [4.78, 5) is 20.1. The van der Waals surface area contributed by atoms with Gasteiger partial charge in [0.1, 0.15) is 11.4 Å². The molecule has 5 nitrogen and oxygen atoms in total. The van der Waals surface area contributed by atoms with E-state index in [0.29, 0.717) is 5.69 Å². The second-order valence-corrected chi connectivity index (χ2v) is 5.63. The minimum absolute atomic E-state index is 0.0933. The lowest BCUT2D eigenvalue weighted by Gasteiger charge is -2.32. The molecule has 0 unspecified atom stereocenters. The van der Waals surface area contributed by atoms with Crippen LogP contribution in [-0.2, 0) is 0 Å². The van der Waals surface area contributed by atoms with Crippen LogP contribution in [0.4, 0.5) is 0 Å². The van der Waals surface area contributed by atoms with Crippen molar-refractivity contribution in [3.8, 4) is 5.75 Å². The van der Waals surface area contributed by atoms with Crippen LogP contribution in [0.25, 0.3) is 10.9 Å². The highest BCUT2D eigenvalue weighted by molar-refractivity contribution is 6.01. The van der Waals surface area contributed by atoms with E-state index in [0.717, 1.165) is 48.4 Å². The zero-order valence-corrected chi connectivity index (χ0v) is 12.8. The molecule has 2 heterocycles. The number of fused-ring (bicyclic) bond motifs is 1. The number of rotatable bonds is 2. The van der Waals surface area contributed by atoms with Gasteiger partial charge in [0.25, 0.3) is 5.91 Å². The lowest BCUT2D eigenvalue weighted by atomic mass is 10.1. The first-order valence-electron chi connectivity index (χ1n) is 7.24. The molecule has 21 heavy (non-hydrogen) atoms. The summed E-state index contributed by atoms with van der Waals surface area (Å²) in [6.07, 6.45) is 0. The van der Waals surface area contributed by atoms with E-state index in [-0.39, 0.29) is 5.91 Å². The number of carbonyl (C=O) groups excluding carboxylic acids is 1. The number of H-pyrrole nitrogens is 1. The Hall–Kier alpha value is -2.01. The van der Waals surface area contributed by atoms with Crippen molar-refractivity contribution in [1.29, 1.82) is 0 Å². The molecule has 5 heteroatoms. The Morgan fingerprint density at radius 2 is 1.95 bits per heavy atom. The van der Waals surface area contributed by atoms with Crippen molar-refractivity contribution >= 4 is 16.8 Å². The van der Waals surface area contributed by atoms with E-state index in [1.807, 2.05) is 30.0 Å². The Labute approximate surface area is 124 Å². The van der Waals surface area contributed by atoms with Gasteiger partial charge in [-0.1, -0.05) is 0 Å². The van der Waals surface area contributed by atoms with Crippen molar-refractivity contribution in [2.45, 2.75) is 6.92 Å². The van der Waals surface area contributed by atoms with E-state index < -0.39 is 0 Å². The molecule has 0 radical (unpaired) electrons. The standard InChI is InChI=1S/C16H21N3O2/c1-11-13-5-4-12(21-3)10-14(13)17-15(11)16(20)19-8-6-18(2)7-9-19/h4-5,10,17H,6-9H2,1-3H3. The number of nitrogens with zero attached hydrogens (tertiary/aromatic N) is 2. The first-order valence-corrected chi connectivity index (χ1v) is 7.24. The van der Waals surface area contributed by atoms with Crippen LogP contribution in [0, 0.1) is 6.92 Å². The summed E-state index contributed by atoms with van der Waals surface area (Å²) in [7, 11) is 3.73. The molecular formula is C16H21N3O2. The van der Waals surface area contributed by atoms with Gasteiger partial charge in [-0.05, 0) is 31.7 Å². The number of methoxy groups -OCH3 is 1. The monoisotopic (exact) mass is 287 g/mol. The minimum Gasteiger partial charge on any atom is -0.497 e. The molecule has 1 fully saturated rings. The molecule has 1 aromatic carbocycles. The van der Waals surface area contributed by atoms with Gasteiger partial charge in [0.2, 0.25) is 0 Å². The number of aromatic nitrogens is 1. The summed E-state index contributed by atoms with van der Waals surface area (Å²) in [5.74, 6) is 0.887. The molecule has 1 saturated heterocycles. The summed E-state index contributed by atoms with van der Waals surface area (Å²) in [6, 6.07) is 5.86. The van der Waals surface area contributed by atoms with Crippen LogP contribution >= 0.6 is 0 Å². The molecule has 0 spiro atoms. The SMILES string of the molecule is COc1ccc2c(C)c(C(=O)N3CCN(C)CC3)[nH]c2c1. The number of piperazine rings is 1. The summed E-state index contributed by atoms with van der Waals surface area (Å²) in [5.41, 5.74) is 2.66. The number of amides is 1. The fourth-order valence-corrected chi connectivity index (χ4v) is 2.83. The lowest BCUT2D eigenvalue weighted by molar-refractivity contribution is 0.0658. The summed E-state index contributed by atoms with van der Waals surface area (Å²) >= 11 is 0. The Morgan fingerprint density at radius 3 is 2.62 bits per heavy atom. The zero-order valence-electron chi connectivity index (χ0n) is 12.8. The number of carbonyl (C=O) groups is 1. The van der Waals surface area contributed by atoms with Crippen molar-refractivity contribution in [2.24, 2.45) is 0 Å². The average Bonchev–Trinajstić information content (AvgIpc) is 2.83. The molecule has 1 aliphatic rings.